The quantitative estimate of drug-likeness (QED) is 0.301. The van der Waals surface area contributed by atoms with E-state index in [1.165, 1.54) is 0 Å². The number of fused-ring (bicyclic) bond motifs is 1. The normalized spacial score (nSPS) is 11.4. The highest BCUT2D eigenvalue weighted by Gasteiger charge is 2.19. The molecule has 3 heterocycles. The third kappa shape index (κ3) is 4.00. The van der Waals surface area contributed by atoms with Gasteiger partial charge in [0.15, 0.2) is 0 Å². The summed E-state index contributed by atoms with van der Waals surface area (Å²) in [4.78, 5) is 9.65. The summed E-state index contributed by atoms with van der Waals surface area (Å²) in [7, 11) is 2.02. The van der Waals surface area contributed by atoms with E-state index < -0.39 is 0 Å². The average molecular weight is 489 g/mol. The number of unbranched alkanes of at least 4 members (excludes halogenated alkanes) is 1. The van der Waals surface area contributed by atoms with Crippen molar-refractivity contribution < 1.29 is 0 Å². The van der Waals surface area contributed by atoms with Gasteiger partial charge in [-0.15, -0.1) is 10.2 Å². The second-order valence-corrected chi connectivity index (χ2v) is 9.26. The first kappa shape index (κ1) is 22.8. The van der Waals surface area contributed by atoms with Crippen LogP contribution < -0.4 is 0 Å². The zero-order valence-electron chi connectivity index (χ0n) is 21.2. The van der Waals surface area contributed by atoms with E-state index in [0.29, 0.717) is 5.82 Å². The zero-order chi connectivity index (χ0) is 25.4. The van der Waals surface area contributed by atoms with Crippen LogP contribution in [0.3, 0.4) is 0 Å². The summed E-state index contributed by atoms with van der Waals surface area (Å²) in [6.45, 7) is 4.39. The van der Waals surface area contributed by atoms with Crippen LogP contribution in [0.2, 0.25) is 0 Å². The lowest BCUT2D eigenvalue weighted by atomic mass is 9.94. The maximum Gasteiger partial charge on any atom is 0.205 e. The Morgan fingerprint density at radius 1 is 0.946 bits per heavy atom. The molecule has 0 saturated carbocycles. The highest BCUT2D eigenvalue weighted by Crippen LogP contribution is 2.36. The largest absolute Gasteiger partial charge is 0.334 e. The standard InChI is InChI=1S/C29H28N8/c1-4-5-13-27-31-24-15-14-20(29-30-16-17-36(29)3)18-26(24)37(27)25-12-8-11-21(19(25)2)22-9-6-7-10-23(22)28-32-34-35-33-28/h6-12,14-18H,4-5,13H2,1-3H3,(H,32,33,34,35). The van der Waals surface area contributed by atoms with Crippen molar-refractivity contribution in [1.29, 1.82) is 0 Å². The van der Waals surface area contributed by atoms with Gasteiger partial charge >= 0.3 is 0 Å². The molecule has 3 aromatic carbocycles. The fraction of sp³-hybridized carbons (Fsp3) is 0.207. The van der Waals surface area contributed by atoms with Gasteiger partial charge in [-0.05, 0) is 59.5 Å². The van der Waals surface area contributed by atoms with Crippen molar-refractivity contribution in [2.75, 3.05) is 0 Å². The van der Waals surface area contributed by atoms with E-state index in [1.807, 2.05) is 42.2 Å². The molecule has 6 rings (SSSR count). The molecule has 37 heavy (non-hydrogen) atoms. The lowest BCUT2D eigenvalue weighted by Gasteiger charge is -2.17. The Balaban J connectivity index is 1.57. The van der Waals surface area contributed by atoms with Crippen LogP contribution in [-0.2, 0) is 13.5 Å². The number of benzene rings is 3. The molecule has 0 unspecified atom stereocenters. The molecule has 0 amide bonds. The minimum atomic E-state index is 0.580. The molecule has 0 aliphatic heterocycles. The van der Waals surface area contributed by atoms with E-state index in [9.17, 15) is 0 Å². The van der Waals surface area contributed by atoms with Crippen molar-refractivity contribution in [2.45, 2.75) is 33.1 Å². The lowest BCUT2D eigenvalue weighted by Crippen LogP contribution is -2.05. The van der Waals surface area contributed by atoms with Gasteiger partial charge in [0.05, 0.1) is 16.7 Å². The van der Waals surface area contributed by atoms with Crippen molar-refractivity contribution in [3.8, 4) is 39.6 Å². The number of hydrogen-bond acceptors (Lipinski definition) is 5. The molecule has 8 nitrogen and oxygen atoms in total. The number of tetrazole rings is 1. The van der Waals surface area contributed by atoms with Crippen LogP contribution in [0.15, 0.2) is 73.1 Å². The molecular formula is C29H28N8. The monoisotopic (exact) mass is 488 g/mol. The number of nitrogens with zero attached hydrogens (tertiary/aromatic N) is 7. The molecule has 0 saturated heterocycles. The fourth-order valence-corrected chi connectivity index (χ4v) is 5.03. The zero-order valence-corrected chi connectivity index (χ0v) is 21.2. The van der Waals surface area contributed by atoms with E-state index in [0.717, 1.165) is 75.4 Å². The van der Waals surface area contributed by atoms with Gasteiger partial charge in [0.1, 0.15) is 11.6 Å². The summed E-state index contributed by atoms with van der Waals surface area (Å²) < 4.78 is 4.37. The lowest BCUT2D eigenvalue weighted by molar-refractivity contribution is 0.743. The topological polar surface area (TPSA) is 90.1 Å². The Morgan fingerprint density at radius 2 is 1.78 bits per heavy atom. The first-order chi connectivity index (χ1) is 18.2. The van der Waals surface area contributed by atoms with Gasteiger partial charge in [0.2, 0.25) is 5.82 Å². The molecule has 0 aliphatic carbocycles. The molecule has 0 atom stereocenters. The second-order valence-electron chi connectivity index (χ2n) is 9.26. The molecule has 0 bridgehead atoms. The number of hydrogen-bond donors (Lipinski definition) is 1. The highest BCUT2D eigenvalue weighted by atomic mass is 15.5. The number of nitrogens with one attached hydrogen (secondary N) is 1. The van der Waals surface area contributed by atoms with E-state index >= 15 is 0 Å². The van der Waals surface area contributed by atoms with Crippen LogP contribution in [0.25, 0.3) is 50.6 Å². The molecule has 0 radical (unpaired) electrons. The molecule has 3 aromatic heterocycles. The molecule has 0 spiro atoms. The maximum absolute atomic E-state index is 5.08. The van der Waals surface area contributed by atoms with E-state index in [-0.39, 0.29) is 0 Å². The van der Waals surface area contributed by atoms with E-state index in [4.69, 9.17) is 4.98 Å². The Hall–Kier alpha value is -4.59. The predicted molar refractivity (Wildman–Crippen MR) is 145 cm³/mol. The van der Waals surface area contributed by atoms with Crippen molar-refractivity contribution in [2.24, 2.45) is 7.05 Å². The van der Waals surface area contributed by atoms with E-state index in [2.05, 4.69) is 86.5 Å². The Bertz CT molecular complexity index is 1690. The molecule has 0 aliphatic rings. The summed E-state index contributed by atoms with van der Waals surface area (Å²) in [6, 6.07) is 21.1. The van der Waals surface area contributed by atoms with Crippen LogP contribution in [0, 0.1) is 6.92 Å². The summed E-state index contributed by atoms with van der Waals surface area (Å²) in [5.41, 5.74) is 8.55. The van der Waals surface area contributed by atoms with Crippen molar-refractivity contribution >= 4 is 11.0 Å². The van der Waals surface area contributed by atoms with Gasteiger partial charge in [0.25, 0.3) is 0 Å². The molecule has 8 heteroatoms. The first-order valence-electron chi connectivity index (χ1n) is 12.6. The van der Waals surface area contributed by atoms with Gasteiger partial charge in [-0.2, -0.15) is 5.21 Å². The first-order valence-corrected chi connectivity index (χ1v) is 12.6. The second kappa shape index (κ2) is 9.46. The Morgan fingerprint density at radius 3 is 2.54 bits per heavy atom. The Labute approximate surface area is 215 Å². The third-order valence-electron chi connectivity index (χ3n) is 6.91. The van der Waals surface area contributed by atoms with Gasteiger partial charge in [-0.25, -0.2) is 9.97 Å². The highest BCUT2D eigenvalue weighted by molar-refractivity contribution is 5.86. The van der Waals surface area contributed by atoms with Crippen molar-refractivity contribution in [3.63, 3.8) is 0 Å². The maximum atomic E-state index is 5.08. The number of aromatic amines is 1. The van der Waals surface area contributed by atoms with Crippen LogP contribution in [0.4, 0.5) is 0 Å². The molecule has 0 fully saturated rings. The van der Waals surface area contributed by atoms with Gasteiger partial charge in [-0.3, -0.25) is 4.57 Å². The third-order valence-corrected chi connectivity index (χ3v) is 6.91. The molecule has 6 aromatic rings. The van der Waals surface area contributed by atoms with Crippen molar-refractivity contribution in [3.05, 3.63) is 84.4 Å². The summed E-state index contributed by atoms with van der Waals surface area (Å²) in [5, 5.41) is 14.8. The van der Waals surface area contributed by atoms with Crippen LogP contribution in [-0.4, -0.2) is 39.7 Å². The van der Waals surface area contributed by atoms with Crippen LogP contribution in [0.1, 0.15) is 31.2 Å². The molecular weight excluding hydrogens is 460 g/mol. The summed E-state index contributed by atoms with van der Waals surface area (Å²) >= 11 is 0. The number of H-pyrrole nitrogens is 1. The Kier molecular flexibility index (Phi) is 5.84. The molecule has 184 valence electrons. The minimum Gasteiger partial charge on any atom is -0.334 e. The summed E-state index contributed by atoms with van der Waals surface area (Å²) in [6.07, 6.45) is 6.90. The number of aromatic nitrogens is 8. The van der Waals surface area contributed by atoms with E-state index in [1.54, 1.807) is 0 Å². The van der Waals surface area contributed by atoms with Crippen molar-refractivity contribution in [1.82, 2.24) is 39.7 Å². The SMILES string of the molecule is CCCCc1nc2ccc(-c3nccn3C)cc2n1-c1cccc(-c2ccccc2-c2nn[nH]n2)c1C. The van der Waals surface area contributed by atoms with Gasteiger partial charge in [0, 0.05) is 37.0 Å². The smallest absolute Gasteiger partial charge is 0.205 e. The number of imidazole rings is 2. The number of rotatable bonds is 7. The number of aryl methyl sites for hydroxylation is 2. The van der Waals surface area contributed by atoms with Crippen LogP contribution in [0.5, 0.6) is 0 Å². The summed E-state index contributed by atoms with van der Waals surface area (Å²) in [5.74, 6) is 2.58. The fourth-order valence-electron chi connectivity index (χ4n) is 5.03. The van der Waals surface area contributed by atoms with Gasteiger partial charge < -0.3 is 4.57 Å². The van der Waals surface area contributed by atoms with Crippen LogP contribution >= 0.6 is 0 Å². The predicted octanol–water partition coefficient (Wildman–Crippen LogP) is 5.92. The minimum absolute atomic E-state index is 0.580. The molecule has 1 N–H and O–H groups in total. The van der Waals surface area contributed by atoms with Gasteiger partial charge in [-0.1, -0.05) is 49.7 Å². The average Bonchev–Trinajstić information content (AvgIpc) is 3.67.